The molecule has 1 aliphatic rings. The van der Waals surface area contributed by atoms with E-state index in [1.54, 1.807) is 14.0 Å². The number of likely N-dealkylation sites (tertiary alicyclic amines) is 1. The Labute approximate surface area is 96.6 Å². The number of rotatable bonds is 5. The number of carboxylic acid groups (broad SMARTS) is 1. The molecule has 0 aromatic heterocycles. The average Bonchev–Trinajstić information content (AvgIpc) is 2.25. The summed E-state index contributed by atoms with van der Waals surface area (Å²) in [6.45, 7) is 3.67. The highest BCUT2D eigenvalue weighted by Gasteiger charge is 2.40. The van der Waals surface area contributed by atoms with Gasteiger partial charge in [0.15, 0.2) is 0 Å². The van der Waals surface area contributed by atoms with Gasteiger partial charge in [0.2, 0.25) is 0 Å². The molecule has 0 aromatic carbocycles. The van der Waals surface area contributed by atoms with Crippen LogP contribution in [0.4, 0.5) is 0 Å². The molecule has 0 bridgehead atoms. The Balaban J connectivity index is 2.71. The molecular weight excluding hydrogens is 208 g/mol. The van der Waals surface area contributed by atoms with Crippen molar-refractivity contribution in [2.24, 2.45) is 5.73 Å². The molecule has 5 nitrogen and oxygen atoms in total. The summed E-state index contributed by atoms with van der Waals surface area (Å²) in [5.74, 6) is -0.793. The topological polar surface area (TPSA) is 75.8 Å². The molecule has 1 aliphatic heterocycles. The van der Waals surface area contributed by atoms with Crippen molar-refractivity contribution in [1.29, 1.82) is 0 Å². The zero-order chi connectivity index (χ0) is 12.2. The Morgan fingerprint density at radius 3 is 2.88 bits per heavy atom. The number of ether oxygens (including phenoxy) is 1. The quantitative estimate of drug-likeness (QED) is 0.710. The minimum absolute atomic E-state index is 0.0926. The first-order valence-corrected chi connectivity index (χ1v) is 5.73. The second-order valence-corrected chi connectivity index (χ2v) is 4.67. The van der Waals surface area contributed by atoms with Gasteiger partial charge in [-0.3, -0.25) is 9.69 Å². The van der Waals surface area contributed by atoms with E-state index in [4.69, 9.17) is 10.5 Å². The molecule has 0 saturated carbocycles. The maximum absolute atomic E-state index is 11.4. The summed E-state index contributed by atoms with van der Waals surface area (Å²) in [6.07, 6.45) is 2.44. The third-order valence-electron chi connectivity index (χ3n) is 3.41. The predicted octanol–water partition coefficient (Wildman–Crippen LogP) is 0.289. The van der Waals surface area contributed by atoms with E-state index in [-0.39, 0.29) is 6.04 Å². The molecule has 3 N–H and O–H groups in total. The number of carboxylic acids is 1. The molecule has 0 amide bonds. The summed E-state index contributed by atoms with van der Waals surface area (Å²) in [6, 6.07) is 0.0926. The molecule has 16 heavy (non-hydrogen) atoms. The van der Waals surface area contributed by atoms with Gasteiger partial charge < -0.3 is 15.6 Å². The molecule has 1 saturated heterocycles. The smallest absolute Gasteiger partial charge is 0.323 e. The summed E-state index contributed by atoms with van der Waals surface area (Å²) in [7, 11) is 1.59. The molecule has 0 aromatic rings. The van der Waals surface area contributed by atoms with Gasteiger partial charge in [-0.1, -0.05) is 0 Å². The predicted molar refractivity (Wildman–Crippen MR) is 61.3 cm³/mol. The Morgan fingerprint density at radius 1 is 1.69 bits per heavy atom. The van der Waals surface area contributed by atoms with Gasteiger partial charge in [0.25, 0.3) is 0 Å². The summed E-state index contributed by atoms with van der Waals surface area (Å²) >= 11 is 0. The highest BCUT2D eigenvalue weighted by atomic mass is 16.5. The van der Waals surface area contributed by atoms with Crippen LogP contribution in [0.5, 0.6) is 0 Å². The highest BCUT2D eigenvalue weighted by molar-refractivity contribution is 5.78. The summed E-state index contributed by atoms with van der Waals surface area (Å²) in [5.41, 5.74) is 5.03. The van der Waals surface area contributed by atoms with Gasteiger partial charge in [0, 0.05) is 26.3 Å². The first kappa shape index (κ1) is 13.4. The van der Waals surface area contributed by atoms with E-state index < -0.39 is 11.5 Å². The van der Waals surface area contributed by atoms with Crippen LogP contribution in [0.2, 0.25) is 0 Å². The van der Waals surface area contributed by atoms with Crippen LogP contribution in [0.1, 0.15) is 26.2 Å². The van der Waals surface area contributed by atoms with E-state index in [2.05, 4.69) is 0 Å². The van der Waals surface area contributed by atoms with Crippen molar-refractivity contribution in [3.8, 4) is 0 Å². The number of nitrogens with two attached hydrogens (primary N) is 1. The van der Waals surface area contributed by atoms with E-state index in [9.17, 15) is 9.90 Å². The van der Waals surface area contributed by atoms with Crippen molar-refractivity contribution in [2.75, 3.05) is 26.8 Å². The summed E-state index contributed by atoms with van der Waals surface area (Å²) < 4.78 is 4.98. The number of methoxy groups -OCH3 is 1. The first-order chi connectivity index (χ1) is 7.50. The second-order valence-electron chi connectivity index (χ2n) is 4.67. The van der Waals surface area contributed by atoms with Crippen LogP contribution in [0.25, 0.3) is 0 Å². The van der Waals surface area contributed by atoms with Gasteiger partial charge in [-0.05, 0) is 32.7 Å². The Hall–Kier alpha value is -0.650. The van der Waals surface area contributed by atoms with Crippen molar-refractivity contribution in [3.63, 3.8) is 0 Å². The van der Waals surface area contributed by atoms with Crippen molar-refractivity contribution in [1.82, 2.24) is 4.90 Å². The molecule has 2 unspecified atom stereocenters. The van der Waals surface area contributed by atoms with Gasteiger partial charge in [-0.15, -0.1) is 0 Å². The second kappa shape index (κ2) is 5.61. The lowest BCUT2D eigenvalue weighted by molar-refractivity contribution is -0.152. The van der Waals surface area contributed by atoms with Crippen LogP contribution in [-0.2, 0) is 9.53 Å². The summed E-state index contributed by atoms with van der Waals surface area (Å²) in [4.78, 5) is 13.4. The van der Waals surface area contributed by atoms with Gasteiger partial charge >= 0.3 is 5.97 Å². The number of piperidine rings is 1. The molecule has 2 atom stereocenters. The average molecular weight is 230 g/mol. The number of nitrogens with zero attached hydrogens (tertiary/aromatic N) is 1. The standard InChI is InChI=1S/C11H22N2O3/c1-11(10(14)15,5-7-16-2)13-6-3-4-9(12)8-13/h9H,3-8,12H2,1-2H3,(H,14,15). The molecule has 1 fully saturated rings. The lowest BCUT2D eigenvalue weighted by Gasteiger charge is -2.42. The molecule has 0 aliphatic carbocycles. The minimum atomic E-state index is -0.853. The SMILES string of the molecule is COCCC(C)(C(=O)O)N1CCCC(N)C1. The molecule has 0 spiro atoms. The number of hydrogen-bond acceptors (Lipinski definition) is 4. The zero-order valence-corrected chi connectivity index (χ0v) is 10.1. The number of carbonyl (C=O) groups is 1. The van der Waals surface area contributed by atoms with Crippen LogP contribution >= 0.6 is 0 Å². The van der Waals surface area contributed by atoms with Crippen LogP contribution in [0, 0.1) is 0 Å². The van der Waals surface area contributed by atoms with E-state index >= 15 is 0 Å². The van der Waals surface area contributed by atoms with Crippen LogP contribution < -0.4 is 5.73 Å². The monoisotopic (exact) mass is 230 g/mol. The zero-order valence-electron chi connectivity index (χ0n) is 10.1. The van der Waals surface area contributed by atoms with Gasteiger partial charge in [0.05, 0.1) is 0 Å². The van der Waals surface area contributed by atoms with Crippen LogP contribution in [-0.4, -0.2) is 54.4 Å². The van der Waals surface area contributed by atoms with Gasteiger partial charge in [0.1, 0.15) is 5.54 Å². The number of hydrogen-bond donors (Lipinski definition) is 2. The molecule has 1 rings (SSSR count). The van der Waals surface area contributed by atoms with Crippen molar-refractivity contribution in [3.05, 3.63) is 0 Å². The maximum atomic E-state index is 11.4. The molecule has 94 valence electrons. The maximum Gasteiger partial charge on any atom is 0.323 e. The Kier molecular flexibility index (Phi) is 4.70. The molecule has 5 heteroatoms. The number of aliphatic carboxylic acids is 1. The Morgan fingerprint density at radius 2 is 2.38 bits per heavy atom. The molecule has 0 radical (unpaired) electrons. The van der Waals surface area contributed by atoms with E-state index in [0.717, 1.165) is 19.4 Å². The third kappa shape index (κ3) is 2.93. The highest BCUT2D eigenvalue weighted by Crippen LogP contribution is 2.24. The van der Waals surface area contributed by atoms with E-state index in [1.165, 1.54) is 0 Å². The lowest BCUT2D eigenvalue weighted by atomic mass is 9.92. The lowest BCUT2D eigenvalue weighted by Crippen LogP contribution is -2.58. The normalized spacial score (nSPS) is 26.3. The fourth-order valence-corrected chi connectivity index (χ4v) is 2.16. The van der Waals surface area contributed by atoms with Crippen LogP contribution in [0.3, 0.4) is 0 Å². The minimum Gasteiger partial charge on any atom is -0.480 e. The largest absolute Gasteiger partial charge is 0.480 e. The van der Waals surface area contributed by atoms with Gasteiger partial charge in [-0.25, -0.2) is 0 Å². The van der Waals surface area contributed by atoms with Crippen molar-refractivity contribution in [2.45, 2.75) is 37.8 Å². The Bertz CT molecular complexity index is 247. The van der Waals surface area contributed by atoms with Crippen molar-refractivity contribution >= 4 is 5.97 Å². The first-order valence-electron chi connectivity index (χ1n) is 5.73. The van der Waals surface area contributed by atoms with E-state index in [1.807, 2.05) is 4.90 Å². The van der Waals surface area contributed by atoms with E-state index in [0.29, 0.717) is 19.6 Å². The molecular formula is C11H22N2O3. The van der Waals surface area contributed by atoms with Crippen LogP contribution in [0.15, 0.2) is 0 Å². The fraction of sp³-hybridized carbons (Fsp3) is 0.909. The molecule has 1 heterocycles. The third-order valence-corrected chi connectivity index (χ3v) is 3.41. The summed E-state index contributed by atoms with van der Waals surface area (Å²) in [5, 5.41) is 9.36. The van der Waals surface area contributed by atoms with Crippen molar-refractivity contribution < 1.29 is 14.6 Å². The van der Waals surface area contributed by atoms with Gasteiger partial charge in [-0.2, -0.15) is 0 Å². The fourth-order valence-electron chi connectivity index (χ4n) is 2.16.